The summed E-state index contributed by atoms with van der Waals surface area (Å²) in [6.07, 6.45) is 4.33. The van der Waals surface area contributed by atoms with Crippen LogP contribution in [-0.2, 0) is 4.74 Å². The van der Waals surface area contributed by atoms with Gasteiger partial charge in [-0.05, 0) is 37.5 Å². The Morgan fingerprint density at radius 3 is 2.85 bits per heavy atom. The van der Waals surface area contributed by atoms with Crippen molar-refractivity contribution in [2.24, 2.45) is 10.9 Å². The molecule has 1 aliphatic carbocycles. The van der Waals surface area contributed by atoms with E-state index in [2.05, 4.69) is 21.1 Å². The number of ether oxygens (including phenoxy) is 2. The van der Waals surface area contributed by atoms with Gasteiger partial charge in [0.25, 0.3) is 0 Å². The van der Waals surface area contributed by atoms with Crippen molar-refractivity contribution in [3.63, 3.8) is 0 Å². The minimum absolute atomic E-state index is 0.0478. The molecule has 6 heteroatoms. The summed E-state index contributed by atoms with van der Waals surface area (Å²) in [4.78, 5) is 0. The number of nitrogens with zero attached hydrogens (tertiary/aromatic N) is 1. The standard InChI is InChI=1S/C14H19BrN2O3/c1-19-10-3-2-4-11(8-10)20-13-7-9(15)5-6-12(13)14(16)17-18/h5-7,10-11,18H,2-4,8H2,1H3,(H2,16,17). The highest BCUT2D eigenvalue weighted by molar-refractivity contribution is 9.10. The molecule has 1 saturated carbocycles. The molecule has 0 heterocycles. The average molecular weight is 343 g/mol. The van der Waals surface area contributed by atoms with Crippen molar-refractivity contribution in [3.05, 3.63) is 28.2 Å². The molecule has 0 aromatic heterocycles. The van der Waals surface area contributed by atoms with E-state index < -0.39 is 0 Å². The third-order valence-corrected chi connectivity index (χ3v) is 4.03. The predicted octanol–water partition coefficient (Wildman–Crippen LogP) is 2.88. The van der Waals surface area contributed by atoms with Gasteiger partial charge >= 0.3 is 0 Å². The van der Waals surface area contributed by atoms with Gasteiger partial charge in [0.1, 0.15) is 11.9 Å². The van der Waals surface area contributed by atoms with Gasteiger partial charge in [-0.25, -0.2) is 0 Å². The lowest BCUT2D eigenvalue weighted by atomic mass is 9.95. The molecular formula is C14H19BrN2O3. The van der Waals surface area contributed by atoms with E-state index in [-0.39, 0.29) is 18.0 Å². The van der Waals surface area contributed by atoms with Crippen molar-refractivity contribution >= 4 is 21.8 Å². The van der Waals surface area contributed by atoms with Crippen LogP contribution < -0.4 is 10.5 Å². The Balaban J connectivity index is 2.17. The van der Waals surface area contributed by atoms with Gasteiger partial charge in [-0.1, -0.05) is 21.1 Å². The Bertz CT molecular complexity index is 493. The number of nitrogens with two attached hydrogens (primary N) is 1. The van der Waals surface area contributed by atoms with Crippen LogP contribution in [0.4, 0.5) is 0 Å². The second kappa shape index (κ2) is 6.95. The van der Waals surface area contributed by atoms with Crippen LogP contribution in [0.15, 0.2) is 27.8 Å². The number of methoxy groups -OCH3 is 1. The number of hydrogen-bond donors (Lipinski definition) is 2. The molecule has 2 atom stereocenters. The van der Waals surface area contributed by atoms with E-state index in [0.717, 1.165) is 30.2 Å². The molecule has 0 amide bonds. The van der Waals surface area contributed by atoms with E-state index in [0.29, 0.717) is 11.3 Å². The zero-order valence-corrected chi connectivity index (χ0v) is 13.0. The summed E-state index contributed by atoms with van der Waals surface area (Å²) in [6.45, 7) is 0. The molecule has 1 fully saturated rings. The number of rotatable bonds is 4. The zero-order valence-electron chi connectivity index (χ0n) is 11.4. The van der Waals surface area contributed by atoms with E-state index in [1.165, 1.54) is 0 Å². The summed E-state index contributed by atoms with van der Waals surface area (Å²) in [5.74, 6) is 0.669. The van der Waals surface area contributed by atoms with E-state index >= 15 is 0 Å². The maximum absolute atomic E-state index is 8.84. The topological polar surface area (TPSA) is 77.1 Å². The molecular weight excluding hydrogens is 324 g/mol. The Hall–Kier alpha value is -1.27. The fraction of sp³-hybridized carbons (Fsp3) is 0.500. The molecule has 0 saturated heterocycles. The van der Waals surface area contributed by atoms with E-state index in [1.807, 2.05) is 12.1 Å². The van der Waals surface area contributed by atoms with Crippen LogP contribution >= 0.6 is 15.9 Å². The normalized spacial score (nSPS) is 23.6. The molecule has 1 aromatic carbocycles. The first-order chi connectivity index (χ1) is 9.63. The first kappa shape index (κ1) is 15.1. The van der Waals surface area contributed by atoms with Crippen molar-refractivity contribution in [2.45, 2.75) is 37.9 Å². The summed E-state index contributed by atoms with van der Waals surface area (Å²) in [6, 6.07) is 5.44. The van der Waals surface area contributed by atoms with Gasteiger partial charge in [0.15, 0.2) is 5.84 Å². The largest absolute Gasteiger partial charge is 0.490 e. The third-order valence-electron chi connectivity index (χ3n) is 3.53. The van der Waals surface area contributed by atoms with Gasteiger partial charge in [-0.3, -0.25) is 0 Å². The fourth-order valence-electron chi connectivity index (χ4n) is 2.46. The van der Waals surface area contributed by atoms with E-state index in [4.69, 9.17) is 20.4 Å². The number of amidine groups is 1. The van der Waals surface area contributed by atoms with Crippen molar-refractivity contribution in [1.29, 1.82) is 0 Å². The van der Waals surface area contributed by atoms with Crippen LogP contribution in [0.25, 0.3) is 0 Å². The molecule has 0 spiro atoms. The van der Waals surface area contributed by atoms with Crippen molar-refractivity contribution in [3.8, 4) is 5.75 Å². The molecule has 5 nitrogen and oxygen atoms in total. The summed E-state index contributed by atoms with van der Waals surface area (Å²) in [7, 11) is 1.73. The number of halogens is 1. The van der Waals surface area contributed by atoms with Gasteiger partial charge < -0.3 is 20.4 Å². The molecule has 2 unspecified atom stereocenters. The molecule has 3 N–H and O–H groups in total. The highest BCUT2D eigenvalue weighted by Gasteiger charge is 2.24. The van der Waals surface area contributed by atoms with Gasteiger partial charge in [-0.15, -0.1) is 0 Å². The number of hydrogen-bond acceptors (Lipinski definition) is 4. The Morgan fingerprint density at radius 1 is 1.40 bits per heavy atom. The van der Waals surface area contributed by atoms with Gasteiger partial charge in [0, 0.05) is 18.0 Å². The minimum Gasteiger partial charge on any atom is -0.490 e. The molecule has 1 aliphatic rings. The zero-order chi connectivity index (χ0) is 14.5. The SMILES string of the molecule is COC1CCCC(Oc2cc(Br)ccc2/C(N)=N/O)C1. The van der Waals surface area contributed by atoms with Gasteiger partial charge in [0.2, 0.25) is 0 Å². The third kappa shape index (κ3) is 3.64. The molecule has 110 valence electrons. The van der Waals surface area contributed by atoms with Crippen molar-refractivity contribution < 1.29 is 14.7 Å². The Morgan fingerprint density at radius 2 is 2.15 bits per heavy atom. The van der Waals surface area contributed by atoms with Crippen LogP contribution in [0.1, 0.15) is 31.2 Å². The van der Waals surface area contributed by atoms with Crippen LogP contribution in [-0.4, -0.2) is 30.4 Å². The monoisotopic (exact) mass is 342 g/mol. The van der Waals surface area contributed by atoms with Crippen LogP contribution in [0.3, 0.4) is 0 Å². The van der Waals surface area contributed by atoms with E-state index in [9.17, 15) is 0 Å². The van der Waals surface area contributed by atoms with Crippen LogP contribution in [0.2, 0.25) is 0 Å². The molecule has 20 heavy (non-hydrogen) atoms. The van der Waals surface area contributed by atoms with E-state index in [1.54, 1.807) is 13.2 Å². The first-order valence-corrected chi connectivity index (χ1v) is 7.40. The molecule has 0 radical (unpaired) electrons. The average Bonchev–Trinajstić information content (AvgIpc) is 2.47. The lowest BCUT2D eigenvalue weighted by Gasteiger charge is -2.29. The molecule has 1 aromatic rings. The second-order valence-corrected chi connectivity index (χ2v) is 5.81. The highest BCUT2D eigenvalue weighted by atomic mass is 79.9. The fourth-order valence-corrected chi connectivity index (χ4v) is 2.80. The van der Waals surface area contributed by atoms with Crippen molar-refractivity contribution in [2.75, 3.05) is 7.11 Å². The lowest BCUT2D eigenvalue weighted by Crippen LogP contribution is -2.30. The number of benzene rings is 1. The highest BCUT2D eigenvalue weighted by Crippen LogP contribution is 2.29. The van der Waals surface area contributed by atoms with Crippen LogP contribution in [0, 0.1) is 0 Å². The quantitative estimate of drug-likeness (QED) is 0.381. The predicted molar refractivity (Wildman–Crippen MR) is 80.3 cm³/mol. The van der Waals surface area contributed by atoms with Crippen LogP contribution in [0.5, 0.6) is 5.75 Å². The first-order valence-electron chi connectivity index (χ1n) is 6.61. The minimum atomic E-state index is 0.0478. The Kier molecular flexibility index (Phi) is 5.25. The summed E-state index contributed by atoms with van der Waals surface area (Å²) in [5, 5.41) is 11.9. The van der Waals surface area contributed by atoms with Crippen molar-refractivity contribution in [1.82, 2.24) is 0 Å². The van der Waals surface area contributed by atoms with Gasteiger partial charge in [-0.2, -0.15) is 0 Å². The molecule has 0 aliphatic heterocycles. The summed E-state index contributed by atoms with van der Waals surface area (Å²) in [5.41, 5.74) is 6.28. The van der Waals surface area contributed by atoms with Gasteiger partial charge in [0.05, 0.1) is 11.7 Å². The maximum atomic E-state index is 8.84. The second-order valence-electron chi connectivity index (χ2n) is 4.89. The lowest BCUT2D eigenvalue weighted by molar-refractivity contribution is 0.0209. The maximum Gasteiger partial charge on any atom is 0.173 e. The number of oxime groups is 1. The molecule has 2 rings (SSSR count). The summed E-state index contributed by atoms with van der Waals surface area (Å²) >= 11 is 3.41. The Labute approximate surface area is 126 Å². The molecule has 0 bridgehead atoms. The summed E-state index contributed by atoms with van der Waals surface area (Å²) < 4.78 is 12.3. The smallest absolute Gasteiger partial charge is 0.173 e.